The van der Waals surface area contributed by atoms with Crippen molar-refractivity contribution >= 4 is 50.4 Å². The normalized spacial score (nSPS) is 19.0. The standard InChI is InChI=1S/C15H18BrN3O2S/c1-3-17-15(18-4-2)22-12-9-13(20)19(14(12)21)11-7-5-10(16)6-8-11/h5-8,12H,3-4,9H2,1-2H3,(H,17,18). The van der Waals surface area contributed by atoms with E-state index in [1.165, 1.54) is 16.7 Å². The molecule has 1 aliphatic rings. The van der Waals surface area contributed by atoms with E-state index in [1.54, 1.807) is 12.1 Å². The molecule has 2 amide bonds. The van der Waals surface area contributed by atoms with E-state index < -0.39 is 5.25 Å². The SMILES string of the molecule is CCN=C(NCC)SC1CC(=O)N(c2ccc(Br)cc2)C1=O. The predicted octanol–water partition coefficient (Wildman–Crippen LogP) is 2.80. The van der Waals surface area contributed by atoms with E-state index in [0.717, 1.165) is 11.0 Å². The molecule has 1 aromatic carbocycles. The Kier molecular flexibility index (Phi) is 6.02. The molecular weight excluding hydrogens is 366 g/mol. The summed E-state index contributed by atoms with van der Waals surface area (Å²) in [5.74, 6) is -0.351. The number of hydrogen-bond donors (Lipinski definition) is 1. The van der Waals surface area contributed by atoms with Gasteiger partial charge >= 0.3 is 0 Å². The van der Waals surface area contributed by atoms with Gasteiger partial charge in [0.05, 0.1) is 5.69 Å². The second-order valence-corrected chi connectivity index (χ2v) is 6.77. The Bertz CT molecular complexity index is 589. The lowest BCUT2D eigenvalue weighted by atomic mass is 10.3. The average molecular weight is 384 g/mol. The number of imide groups is 1. The Morgan fingerprint density at radius 2 is 2.05 bits per heavy atom. The number of aliphatic imine (C=N–C) groups is 1. The van der Waals surface area contributed by atoms with Gasteiger partial charge in [0.1, 0.15) is 5.25 Å². The minimum absolute atomic E-state index is 0.169. The van der Waals surface area contributed by atoms with E-state index in [2.05, 4.69) is 26.2 Å². The molecule has 0 aliphatic carbocycles. The molecule has 118 valence electrons. The van der Waals surface area contributed by atoms with Gasteiger partial charge in [-0.05, 0) is 38.1 Å². The first-order chi connectivity index (χ1) is 10.6. The zero-order chi connectivity index (χ0) is 16.1. The first-order valence-electron chi connectivity index (χ1n) is 7.14. The molecule has 1 saturated heterocycles. The van der Waals surface area contributed by atoms with Crippen LogP contribution in [0.15, 0.2) is 33.7 Å². The van der Waals surface area contributed by atoms with Crippen LogP contribution in [0.2, 0.25) is 0 Å². The van der Waals surface area contributed by atoms with Crippen molar-refractivity contribution in [1.82, 2.24) is 5.32 Å². The largest absolute Gasteiger partial charge is 0.365 e. The topological polar surface area (TPSA) is 61.8 Å². The molecule has 0 bridgehead atoms. The lowest BCUT2D eigenvalue weighted by Gasteiger charge is -2.15. The Morgan fingerprint density at radius 3 is 2.64 bits per heavy atom. The van der Waals surface area contributed by atoms with Gasteiger partial charge in [-0.1, -0.05) is 27.7 Å². The number of amides is 2. The Labute approximate surface area is 142 Å². The minimum Gasteiger partial charge on any atom is -0.365 e. The van der Waals surface area contributed by atoms with Crippen LogP contribution in [0.25, 0.3) is 0 Å². The maximum atomic E-state index is 12.5. The monoisotopic (exact) mass is 383 g/mol. The van der Waals surface area contributed by atoms with Crippen molar-refractivity contribution in [3.05, 3.63) is 28.7 Å². The molecule has 1 unspecified atom stereocenters. The van der Waals surface area contributed by atoms with Gasteiger partial charge in [-0.2, -0.15) is 0 Å². The number of halogens is 1. The maximum absolute atomic E-state index is 12.5. The van der Waals surface area contributed by atoms with E-state index in [9.17, 15) is 9.59 Å². The van der Waals surface area contributed by atoms with E-state index >= 15 is 0 Å². The third-order valence-electron chi connectivity index (χ3n) is 3.07. The summed E-state index contributed by atoms with van der Waals surface area (Å²) in [6.07, 6.45) is 0.202. The number of carbonyl (C=O) groups is 2. The van der Waals surface area contributed by atoms with E-state index in [1.807, 2.05) is 26.0 Å². The fourth-order valence-corrected chi connectivity index (χ4v) is 3.52. The minimum atomic E-state index is -0.416. The predicted molar refractivity (Wildman–Crippen MR) is 94.3 cm³/mol. The zero-order valence-corrected chi connectivity index (χ0v) is 14.9. The molecule has 5 nitrogen and oxygen atoms in total. The number of thioether (sulfide) groups is 1. The van der Waals surface area contributed by atoms with Gasteiger partial charge in [-0.15, -0.1) is 0 Å². The van der Waals surface area contributed by atoms with Gasteiger partial charge in [0.15, 0.2) is 5.17 Å². The van der Waals surface area contributed by atoms with Crippen LogP contribution in [-0.4, -0.2) is 35.3 Å². The number of nitrogens with zero attached hydrogens (tertiary/aromatic N) is 2. The number of amidine groups is 1. The first-order valence-corrected chi connectivity index (χ1v) is 8.81. The molecule has 1 fully saturated rings. The summed E-state index contributed by atoms with van der Waals surface area (Å²) in [5.41, 5.74) is 0.610. The molecule has 22 heavy (non-hydrogen) atoms. The molecule has 7 heteroatoms. The van der Waals surface area contributed by atoms with Crippen molar-refractivity contribution in [2.75, 3.05) is 18.0 Å². The van der Waals surface area contributed by atoms with Gasteiger partial charge in [-0.3, -0.25) is 14.6 Å². The molecule has 1 aliphatic heterocycles. The highest BCUT2D eigenvalue weighted by atomic mass is 79.9. The van der Waals surface area contributed by atoms with Crippen LogP contribution in [0.3, 0.4) is 0 Å². The van der Waals surface area contributed by atoms with Gasteiger partial charge in [-0.25, -0.2) is 4.90 Å². The maximum Gasteiger partial charge on any atom is 0.247 e. The van der Waals surface area contributed by atoms with Gasteiger partial charge < -0.3 is 5.32 Å². The molecule has 0 aromatic heterocycles. The van der Waals surface area contributed by atoms with Crippen LogP contribution >= 0.6 is 27.7 Å². The van der Waals surface area contributed by atoms with Crippen LogP contribution in [0.1, 0.15) is 20.3 Å². The summed E-state index contributed by atoms with van der Waals surface area (Å²) in [5, 5.41) is 3.43. The van der Waals surface area contributed by atoms with Crippen LogP contribution < -0.4 is 10.2 Å². The highest BCUT2D eigenvalue weighted by Crippen LogP contribution is 2.30. The number of hydrogen-bond acceptors (Lipinski definition) is 4. The molecule has 1 aromatic rings. The highest BCUT2D eigenvalue weighted by Gasteiger charge is 2.40. The molecule has 1 N–H and O–H groups in total. The third-order valence-corrected chi connectivity index (χ3v) is 4.75. The van der Waals surface area contributed by atoms with Crippen LogP contribution in [0.5, 0.6) is 0 Å². The molecule has 1 heterocycles. The van der Waals surface area contributed by atoms with Crippen molar-refractivity contribution in [2.24, 2.45) is 4.99 Å². The molecule has 1 atom stereocenters. The smallest absolute Gasteiger partial charge is 0.247 e. The Morgan fingerprint density at radius 1 is 1.36 bits per heavy atom. The average Bonchev–Trinajstić information content (AvgIpc) is 2.75. The van der Waals surface area contributed by atoms with Crippen molar-refractivity contribution in [3.8, 4) is 0 Å². The molecule has 2 rings (SSSR count). The van der Waals surface area contributed by atoms with E-state index in [0.29, 0.717) is 17.4 Å². The number of carbonyl (C=O) groups excluding carboxylic acids is 2. The molecule has 0 saturated carbocycles. The summed E-state index contributed by atoms with van der Waals surface area (Å²) < 4.78 is 0.908. The van der Waals surface area contributed by atoms with Gasteiger partial charge in [0.2, 0.25) is 11.8 Å². The fourth-order valence-electron chi connectivity index (χ4n) is 2.12. The van der Waals surface area contributed by atoms with Gasteiger partial charge in [0, 0.05) is 24.0 Å². The number of benzene rings is 1. The lowest BCUT2D eigenvalue weighted by molar-refractivity contribution is -0.121. The van der Waals surface area contributed by atoms with Crippen LogP contribution in [-0.2, 0) is 9.59 Å². The van der Waals surface area contributed by atoms with Crippen LogP contribution in [0.4, 0.5) is 5.69 Å². The number of anilines is 1. The summed E-state index contributed by atoms with van der Waals surface area (Å²) in [6.45, 7) is 5.28. The Balaban J connectivity index is 2.14. The van der Waals surface area contributed by atoms with Crippen molar-refractivity contribution in [1.29, 1.82) is 0 Å². The van der Waals surface area contributed by atoms with Gasteiger partial charge in [0.25, 0.3) is 0 Å². The summed E-state index contributed by atoms with van der Waals surface area (Å²) in [7, 11) is 0. The highest BCUT2D eigenvalue weighted by molar-refractivity contribution is 9.10. The van der Waals surface area contributed by atoms with E-state index in [4.69, 9.17) is 0 Å². The van der Waals surface area contributed by atoms with E-state index in [-0.39, 0.29) is 18.2 Å². The number of nitrogens with one attached hydrogen (secondary N) is 1. The second-order valence-electron chi connectivity index (χ2n) is 4.66. The van der Waals surface area contributed by atoms with Crippen molar-refractivity contribution < 1.29 is 9.59 Å². The molecular formula is C15H18BrN3O2S. The quantitative estimate of drug-likeness (QED) is 0.493. The Hall–Kier alpha value is -1.34. The molecule has 0 radical (unpaired) electrons. The summed E-state index contributed by atoms with van der Waals surface area (Å²) >= 11 is 4.68. The third kappa shape index (κ3) is 3.89. The molecule has 0 spiro atoms. The number of rotatable bonds is 4. The lowest BCUT2D eigenvalue weighted by Crippen LogP contribution is -2.32. The summed E-state index contributed by atoms with van der Waals surface area (Å²) in [6, 6.07) is 7.16. The fraction of sp³-hybridized carbons (Fsp3) is 0.400. The van der Waals surface area contributed by atoms with Crippen molar-refractivity contribution in [2.45, 2.75) is 25.5 Å². The zero-order valence-electron chi connectivity index (χ0n) is 12.5. The second kappa shape index (κ2) is 7.78. The van der Waals surface area contributed by atoms with Crippen molar-refractivity contribution in [3.63, 3.8) is 0 Å². The summed E-state index contributed by atoms with van der Waals surface area (Å²) in [4.78, 5) is 30.3. The first kappa shape index (κ1) is 17.0. The van der Waals surface area contributed by atoms with Crippen LogP contribution in [0, 0.1) is 0 Å².